The fourth-order valence-corrected chi connectivity index (χ4v) is 2.91. The number of fused-ring (bicyclic) bond motifs is 1. The molecule has 0 saturated heterocycles. The van der Waals surface area contributed by atoms with Crippen molar-refractivity contribution in [3.05, 3.63) is 51.8 Å². The maximum Gasteiger partial charge on any atom is 0.319 e. The van der Waals surface area contributed by atoms with Crippen LogP contribution < -0.4 is 10.6 Å². The zero-order valence-electron chi connectivity index (χ0n) is 12.7. The van der Waals surface area contributed by atoms with Crippen LogP contribution in [0.5, 0.6) is 0 Å². The van der Waals surface area contributed by atoms with E-state index < -0.39 is 11.0 Å². The highest BCUT2D eigenvalue weighted by molar-refractivity contribution is 5.92. The van der Waals surface area contributed by atoms with Gasteiger partial charge in [-0.1, -0.05) is 12.1 Å². The number of nitrogens with zero attached hydrogens (tertiary/aromatic N) is 3. The molecule has 2 N–H and O–H groups in total. The molecule has 0 aliphatic heterocycles. The minimum atomic E-state index is -0.518. The first-order valence-corrected chi connectivity index (χ1v) is 7.38. The van der Waals surface area contributed by atoms with Gasteiger partial charge >= 0.3 is 6.03 Å². The number of nitrogens with one attached hydrogen (secondary N) is 2. The monoisotopic (exact) mass is 315 g/mol. The Labute approximate surface area is 132 Å². The summed E-state index contributed by atoms with van der Waals surface area (Å²) in [6, 6.07) is 5.48. The lowest BCUT2D eigenvalue weighted by Gasteiger charge is -2.23. The zero-order chi connectivity index (χ0) is 16.4. The molecule has 1 aliphatic carbocycles. The Morgan fingerprint density at radius 2 is 2.22 bits per heavy atom. The van der Waals surface area contributed by atoms with Crippen molar-refractivity contribution in [2.45, 2.75) is 25.3 Å². The lowest BCUT2D eigenvalue weighted by molar-refractivity contribution is -0.383. The van der Waals surface area contributed by atoms with Crippen molar-refractivity contribution in [1.29, 1.82) is 0 Å². The van der Waals surface area contributed by atoms with Crippen LogP contribution in [0.25, 0.3) is 0 Å². The van der Waals surface area contributed by atoms with Gasteiger partial charge in [-0.2, -0.15) is 5.10 Å². The quantitative estimate of drug-likeness (QED) is 0.671. The Morgan fingerprint density at radius 1 is 1.43 bits per heavy atom. The summed E-state index contributed by atoms with van der Waals surface area (Å²) in [4.78, 5) is 22.7. The van der Waals surface area contributed by atoms with Crippen LogP contribution in [-0.4, -0.2) is 20.7 Å². The van der Waals surface area contributed by atoms with Gasteiger partial charge in [-0.05, 0) is 25.3 Å². The highest BCUT2D eigenvalue weighted by atomic mass is 16.6. The number of nitro benzene ring substituents is 1. The van der Waals surface area contributed by atoms with Gasteiger partial charge in [0, 0.05) is 24.4 Å². The second-order valence-electron chi connectivity index (χ2n) is 5.49. The maximum atomic E-state index is 12.2. The minimum absolute atomic E-state index is 0.129. The number of aromatic nitrogens is 2. The molecular weight excluding hydrogens is 298 g/mol. The number of hydrogen-bond donors (Lipinski definition) is 2. The topological polar surface area (TPSA) is 102 Å². The summed E-state index contributed by atoms with van der Waals surface area (Å²) in [6.07, 6.45) is 4.49. The zero-order valence-corrected chi connectivity index (χ0v) is 12.7. The van der Waals surface area contributed by atoms with E-state index in [2.05, 4.69) is 15.7 Å². The third-order valence-electron chi connectivity index (χ3n) is 4.03. The number of benzene rings is 1. The number of urea groups is 1. The molecule has 1 aromatic carbocycles. The SMILES string of the molecule is Cn1ncc2c1CCC[C@@H]2NC(=O)Nc1ccccc1[N+](=O)[O-]. The average molecular weight is 315 g/mol. The largest absolute Gasteiger partial charge is 0.331 e. The molecule has 1 aliphatic rings. The highest BCUT2D eigenvalue weighted by Crippen LogP contribution is 2.29. The number of para-hydroxylation sites is 2. The van der Waals surface area contributed by atoms with Crippen LogP contribution in [0.2, 0.25) is 0 Å². The van der Waals surface area contributed by atoms with Gasteiger partial charge in [0.05, 0.1) is 17.2 Å². The molecule has 0 saturated carbocycles. The van der Waals surface area contributed by atoms with E-state index >= 15 is 0 Å². The summed E-state index contributed by atoms with van der Waals surface area (Å²) < 4.78 is 1.82. The lowest BCUT2D eigenvalue weighted by Crippen LogP contribution is -2.34. The number of rotatable bonds is 3. The summed E-state index contributed by atoms with van der Waals surface area (Å²) in [7, 11) is 1.88. The number of amides is 2. The molecule has 2 aromatic rings. The van der Waals surface area contributed by atoms with E-state index in [9.17, 15) is 14.9 Å². The van der Waals surface area contributed by atoms with Gasteiger partial charge in [-0.3, -0.25) is 14.8 Å². The van der Waals surface area contributed by atoms with Gasteiger partial charge in [-0.25, -0.2) is 4.79 Å². The number of nitro groups is 1. The molecular formula is C15H17N5O3. The van der Waals surface area contributed by atoms with Crippen LogP contribution >= 0.6 is 0 Å². The number of carbonyl (C=O) groups is 1. The average Bonchev–Trinajstić information content (AvgIpc) is 2.90. The summed E-state index contributed by atoms with van der Waals surface area (Å²) in [5.74, 6) is 0. The maximum absolute atomic E-state index is 12.2. The van der Waals surface area contributed by atoms with Crippen molar-refractivity contribution in [3.63, 3.8) is 0 Å². The predicted octanol–water partition coefficient (Wildman–Crippen LogP) is 2.53. The minimum Gasteiger partial charge on any atom is -0.331 e. The molecule has 1 heterocycles. The van der Waals surface area contributed by atoms with Crippen molar-refractivity contribution in [2.75, 3.05) is 5.32 Å². The molecule has 1 atom stereocenters. The third kappa shape index (κ3) is 3.01. The fourth-order valence-electron chi connectivity index (χ4n) is 2.91. The molecule has 1 aromatic heterocycles. The van der Waals surface area contributed by atoms with E-state index in [1.54, 1.807) is 18.3 Å². The lowest BCUT2D eigenvalue weighted by atomic mass is 9.93. The Balaban J connectivity index is 1.73. The van der Waals surface area contributed by atoms with E-state index in [0.29, 0.717) is 0 Å². The Kier molecular flexibility index (Phi) is 3.96. The van der Waals surface area contributed by atoms with Crippen LogP contribution in [0.3, 0.4) is 0 Å². The van der Waals surface area contributed by atoms with Crippen LogP contribution in [-0.2, 0) is 13.5 Å². The predicted molar refractivity (Wildman–Crippen MR) is 84.1 cm³/mol. The molecule has 0 fully saturated rings. The number of aryl methyl sites for hydroxylation is 1. The van der Waals surface area contributed by atoms with Gasteiger partial charge in [-0.15, -0.1) is 0 Å². The standard InChI is InChI=1S/C15H17N5O3/c1-19-13-8-4-6-11(10(13)9-16-19)17-15(21)18-12-5-2-3-7-14(12)20(22)23/h2-3,5,7,9,11H,4,6,8H2,1H3,(H2,17,18,21)/t11-/m0/s1. The fraction of sp³-hybridized carbons (Fsp3) is 0.333. The Hall–Kier alpha value is -2.90. The van der Waals surface area contributed by atoms with Crippen LogP contribution in [0.1, 0.15) is 30.1 Å². The number of anilines is 1. The molecule has 0 unspecified atom stereocenters. The summed E-state index contributed by atoms with van der Waals surface area (Å²) >= 11 is 0. The molecule has 0 radical (unpaired) electrons. The van der Waals surface area contributed by atoms with Crippen LogP contribution in [0.15, 0.2) is 30.5 Å². The summed E-state index contributed by atoms with van der Waals surface area (Å²) in [5.41, 5.74) is 2.18. The first-order chi connectivity index (χ1) is 11.1. The van der Waals surface area contributed by atoms with E-state index in [4.69, 9.17) is 0 Å². The van der Waals surface area contributed by atoms with E-state index in [1.165, 1.54) is 12.1 Å². The van der Waals surface area contributed by atoms with Gasteiger partial charge in [0.25, 0.3) is 5.69 Å². The number of carbonyl (C=O) groups excluding carboxylic acids is 1. The van der Waals surface area contributed by atoms with Gasteiger partial charge < -0.3 is 10.6 Å². The van der Waals surface area contributed by atoms with Crippen LogP contribution in [0, 0.1) is 10.1 Å². The van der Waals surface area contributed by atoms with Crippen molar-refractivity contribution in [1.82, 2.24) is 15.1 Å². The second-order valence-corrected chi connectivity index (χ2v) is 5.49. The van der Waals surface area contributed by atoms with E-state index in [1.807, 2.05) is 11.7 Å². The Bertz CT molecular complexity index is 755. The normalized spacial score (nSPS) is 16.5. The number of hydrogen-bond acceptors (Lipinski definition) is 4. The summed E-state index contributed by atoms with van der Waals surface area (Å²) in [6.45, 7) is 0. The van der Waals surface area contributed by atoms with Gasteiger partial charge in [0.1, 0.15) is 5.69 Å². The first-order valence-electron chi connectivity index (χ1n) is 7.38. The van der Waals surface area contributed by atoms with Crippen molar-refractivity contribution < 1.29 is 9.72 Å². The van der Waals surface area contributed by atoms with Gasteiger partial charge in [0.2, 0.25) is 0 Å². The Morgan fingerprint density at radius 3 is 3.00 bits per heavy atom. The van der Waals surface area contributed by atoms with Crippen molar-refractivity contribution >= 4 is 17.4 Å². The molecule has 23 heavy (non-hydrogen) atoms. The smallest absolute Gasteiger partial charge is 0.319 e. The first kappa shape index (κ1) is 15.0. The second kappa shape index (κ2) is 6.07. The summed E-state index contributed by atoms with van der Waals surface area (Å²) in [5, 5.41) is 20.7. The van der Waals surface area contributed by atoms with Crippen molar-refractivity contribution in [2.24, 2.45) is 7.05 Å². The van der Waals surface area contributed by atoms with E-state index in [-0.39, 0.29) is 17.4 Å². The molecule has 120 valence electrons. The third-order valence-corrected chi connectivity index (χ3v) is 4.03. The van der Waals surface area contributed by atoms with Crippen molar-refractivity contribution in [3.8, 4) is 0 Å². The van der Waals surface area contributed by atoms with Gasteiger partial charge in [0.15, 0.2) is 0 Å². The molecule has 3 rings (SSSR count). The highest BCUT2D eigenvalue weighted by Gasteiger charge is 2.25. The molecule has 0 bridgehead atoms. The molecule has 8 heteroatoms. The molecule has 8 nitrogen and oxygen atoms in total. The van der Waals surface area contributed by atoms with Crippen LogP contribution in [0.4, 0.5) is 16.2 Å². The molecule has 0 spiro atoms. The molecule has 2 amide bonds. The van der Waals surface area contributed by atoms with E-state index in [0.717, 1.165) is 30.5 Å².